The van der Waals surface area contributed by atoms with Crippen LogP contribution >= 0.6 is 22.7 Å². The minimum atomic E-state index is -0.534. The fraction of sp³-hybridized carbons (Fsp3) is 0.0189. The lowest BCUT2D eigenvalue weighted by Crippen LogP contribution is -2.30. The number of aromatic nitrogens is 4. The van der Waals surface area contributed by atoms with Gasteiger partial charge in [0, 0.05) is 85.2 Å². The number of hydrogen-bond donors (Lipinski definition) is 0. The van der Waals surface area contributed by atoms with Crippen LogP contribution in [0.15, 0.2) is 364 Å². The number of rotatable bonds is 5. The van der Waals surface area contributed by atoms with Crippen LogP contribution in [-0.2, 0) is 10.8 Å². The molecule has 0 amide bonds. The maximum atomic E-state index is 5.38. The van der Waals surface area contributed by atoms with Gasteiger partial charge in [0.25, 0.3) is 0 Å². The molecule has 25 rings (SSSR count). The van der Waals surface area contributed by atoms with Crippen molar-refractivity contribution in [1.82, 2.24) is 19.1 Å². The summed E-state index contributed by atoms with van der Waals surface area (Å²) in [4.78, 5) is 10.6. The van der Waals surface area contributed by atoms with Gasteiger partial charge in [0.15, 0.2) is 0 Å². The van der Waals surface area contributed by atoms with Crippen molar-refractivity contribution >= 4 is 131 Å². The van der Waals surface area contributed by atoms with Crippen LogP contribution in [0.25, 0.3) is 176 Å². The Morgan fingerprint density at radius 1 is 0.259 bits per heavy atom. The molecule has 15 aromatic carbocycles. The molecule has 0 N–H and O–H groups in total. The van der Waals surface area contributed by atoms with Gasteiger partial charge in [-0.3, -0.25) is 4.57 Å². The van der Waals surface area contributed by atoms with E-state index < -0.39 is 10.8 Å². The van der Waals surface area contributed by atoms with Gasteiger partial charge in [-0.15, -0.1) is 22.7 Å². The van der Waals surface area contributed by atoms with E-state index >= 15 is 0 Å². The fourth-order valence-electron chi connectivity index (χ4n) is 19.9. The van der Waals surface area contributed by atoms with E-state index in [1.165, 1.54) is 146 Å². The Bertz CT molecular complexity index is 7640. The van der Waals surface area contributed by atoms with Crippen LogP contribution in [0.3, 0.4) is 0 Å². The summed E-state index contributed by atoms with van der Waals surface area (Å²) in [5.41, 5.74) is 34.2. The number of pyridine rings is 2. The highest BCUT2D eigenvalue weighted by atomic mass is 32.1. The van der Waals surface area contributed by atoms with E-state index in [0.717, 1.165) is 72.2 Å². The zero-order valence-electron chi connectivity index (χ0n) is 60.6. The third-order valence-electron chi connectivity index (χ3n) is 24.5. The average Bonchev–Trinajstić information content (AvgIpc) is 1.52. The first-order valence-electron chi connectivity index (χ1n) is 38.5. The molecule has 2 atom stereocenters. The molecule has 0 saturated carbocycles. The second kappa shape index (κ2) is 24.3. The fourth-order valence-corrected chi connectivity index (χ4v) is 22.1. The zero-order valence-corrected chi connectivity index (χ0v) is 62.2. The van der Waals surface area contributed by atoms with Gasteiger partial charge < -0.3 is 4.57 Å². The largest absolute Gasteiger partial charge is 0.308 e. The normalized spacial score (nSPS) is 15.3. The Balaban J connectivity index is 0.000000131. The van der Waals surface area contributed by atoms with Crippen LogP contribution in [0.4, 0.5) is 0 Å². The van der Waals surface area contributed by atoms with Crippen LogP contribution in [-0.4, -0.2) is 19.1 Å². The van der Waals surface area contributed by atoms with E-state index in [-0.39, 0.29) is 0 Å². The number of fused-ring (bicyclic) bond motifs is 32. The van der Waals surface area contributed by atoms with Crippen molar-refractivity contribution in [2.24, 2.45) is 0 Å². The van der Waals surface area contributed by atoms with Crippen molar-refractivity contribution < 1.29 is 0 Å². The number of benzene rings is 15. The predicted octanol–water partition coefficient (Wildman–Crippen LogP) is 27.8. The molecule has 6 heteroatoms. The summed E-state index contributed by atoms with van der Waals surface area (Å²) in [7, 11) is 0. The molecule has 0 radical (unpaired) electrons. The van der Waals surface area contributed by atoms with Crippen molar-refractivity contribution in [2.45, 2.75) is 10.8 Å². The lowest BCUT2D eigenvalue weighted by Gasteiger charge is -2.35. The summed E-state index contributed by atoms with van der Waals surface area (Å²) in [5, 5.41) is 8.88. The number of nitrogens with zero attached hydrogens (tertiary/aromatic N) is 4. The SMILES string of the molecule is C1=Cc2ccc(-c3ccc4c(c3)c3nc(-c5ccccc5)ccc3n4-c3ccccc3)cc2C2(c3ccccc31)c1ccccc1-c1c2ccc2sc3ccccc3c12.C1=Cc2ccc(-c3cnc4c(c3)c3ccccc3n4-c3ccccc3)cc2C2(c3ccccc31)c1ccccc1-c1c2ccc2sc3ccccc3c12. The van der Waals surface area contributed by atoms with Crippen molar-refractivity contribution in [2.75, 3.05) is 0 Å². The Labute approximate surface area is 654 Å². The van der Waals surface area contributed by atoms with Gasteiger partial charge in [0.1, 0.15) is 5.65 Å². The van der Waals surface area contributed by atoms with Crippen LogP contribution in [0.2, 0.25) is 0 Å². The smallest absolute Gasteiger partial charge is 0.145 e. The highest BCUT2D eigenvalue weighted by molar-refractivity contribution is 7.26. The van der Waals surface area contributed by atoms with Gasteiger partial charge >= 0.3 is 0 Å². The summed E-state index contributed by atoms with van der Waals surface area (Å²) in [6.45, 7) is 0. The summed E-state index contributed by atoms with van der Waals surface area (Å²) in [6.07, 6.45) is 11.3. The van der Waals surface area contributed by atoms with E-state index in [9.17, 15) is 0 Å². The lowest BCUT2D eigenvalue weighted by atomic mass is 9.65. The Morgan fingerprint density at radius 2 is 0.696 bits per heavy atom. The third-order valence-corrected chi connectivity index (χ3v) is 26.8. The maximum absolute atomic E-state index is 5.38. The Kier molecular flexibility index (Phi) is 13.7. The van der Waals surface area contributed by atoms with Gasteiger partial charge in [-0.1, -0.05) is 285 Å². The van der Waals surface area contributed by atoms with Gasteiger partial charge in [0.05, 0.1) is 38.6 Å². The molecule has 21 aromatic rings. The highest BCUT2D eigenvalue weighted by Gasteiger charge is 2.51. The van der Waals surface area contributed by atoms with E-state index in [4.69, 9.17) is 9.97 Å². The molecule has 0 saturated heterocycles. The first kappa shape index (κ1) is 63.1. The highest BCUT2D eigenvalue weighted by Crippen LogP contribution is 2.64. The molecule has 0 aliphatic heterocycles. The standard InChI is InChI=1S/C56H34N2S.C50H30N2S/c1-3-14-37(15-4-1)48-29-31-50-55(57-48)43-33-38(27-30-49(43)58(50)40-16-5-2-6-17-40)39-26-25-36-24-23-35-13-7-10-20-44(35)56(47(36)34-39)45-21-11-8-18-41(45)53-46(56)28-32-52-54(53)42-19-9-12-22-51(42)59-52;1-2-13-35(14-3-1)52-44-20-10-6-15-36(44)39-28-34(30-51-49(39)52)33-25-24-32-23-22-31-12-4-8-18-40(31)50(43(32)29-33)41-19-9-5-16-37(41)47-42(50)26-27-46-48(47)38-17-7-11-21-45(38)53-46/h1-34H;1-30H. The molecule has 4 aliphatic carbocycles. The molecule has 520 valence electrons. The summed E-state index contributed by atoms with van der Waals surface area (Å²) < 4.78 is 9.96. The van der Waals surface area contributed by atoms with Gasteiger partial charge in [-0.25, -0.2) is 9.97 Å². The van der Waals surface area contributed by atoms with Crippen LogP contribution in [0, 0.1) is 0 Å². The van der Waals surface area contributed by atoms with Crippen LogP contribution in [0.1, 0.15) is 66.8 Å². The first-order valence-corrected chi connectivity index (χ1v) is 40.1. The van der Waals surface area contributed by atoms with Crippen molar-refractivity contribution in [3.63, 3.8) is 0 Å². The number of hydrogen-bond acceptors (Lipinski definition) is 4. The first-order chi connectivity index (χ1) is 55.5. The minimum absolute atomic E-state index is 0.518. The van der Waals surface area contributed by atoms with E-state index in [1.807, 2.05) is 22.7 Å². The molecule has 4 nitrogen and oxygen atoms in total. The number of para-hydroxylation sites is 3. The molecule has 4 aliphatic rings. The number of thiophene rings is 2. The average molecular weight is 1460 g/mol. The molecule has 2 unspecified atom stereocenters. The summed E-state index contributed by atoms with van der Waals surface area (Å²) in [6, 6.07) is 132. The minimum Gasteiger partial charge on any atom is -0.308 e. The van der Waals surface area contributed by atoms with E-state index in [2.05, 4.69) is 398 Å². The second-order valence-electron chi connectivity index (χ2n) is 30.1. The maximum Gasteiger partial charge on any atom is 0.145 e. The molecule has 2 spiro atoms. The van der Waals surface area contributed by atoms with Crippen molar-refractivity contribution in [1.29, 1.82) is 0 Å². The molecule has 6 aromatic heterocycles. The lowest BCUT2D eigenvalue weighted by molar-refractivity contribution is 0.767. The Morgan fingerprint density at radius 3 is 1.29 bits per heavy atom. The molecular weight excluding hydrogens is 1390 g/mol. The molecule has 6 heterocycles. The molecule has 0 fully saturated rings. The monoisotopic (exact) mass is 1460 g/mol. The van der Waals surface area contributed by atoms with Crippen molar-refractivity contribution in [3.05, 3.63) is 431 Å². The zero-order chi connectivity index (χ0) is 73.3. The summed E-state index contributed by atoms with van der Waals surface area (Å²) >= 11 is 3.79. The summed E-state index contributed by atoms with van der Waals surface area (Å²) in [5.74, 6) is 0. The molecular formula is C106H64N4S2. The Hall–Kier alpha value is -13.9. The van der Waals surface area contributed by atoms with Crippen LogP contribution in [0.5, 0.6) is 0 Å². The third kappa shape index (κ3) is 8.93. The molecule has 112 heavy (non-hydrogen) atoms. The van der Waals surface area contributed by atoms with Gasteiger partial charge in [-0.2, -0.15) is 0 Å². The van der Waals surface area contributed by atoms with Gasteiger partial charge in [-0.05, 0) is 203 Å². The topological polar surface area (TPSA) is 35.6 Å². The molecule has 0 bridgehead atoms. The van der Waals surface area contributed by atoms with Crippen molar-refractivity contribution in [3.8, 4) is 67.1 Å². The predicted molar refractivity (Wildman–Crippen MR) is 472 cm³/mol. The second-order valence-corrected chi connectivity index (χ2v) is 32.2. The quantitative estimate of drug-likeness (QED) is 0.172. The van der Waals surface area contributed by atoms with Crippen LogP contribution < -0.4 is 0 Å². The van der Waals surface area contributed by atoms with Gasteiger partial charge in [0.2, 0.25) is 0 Å². The van der Waals surface area contributed by atoms with E-state index in [1.54, 1.807) is 0 Å². The van der Waals surface area contributed by atoms with E-state index in [0.29, 0.717) is 0 Å².